The van der Waals surface area contributed by atoms with Crippen LogP contribution in [-0.2, 0) is 10.3 Å². The molecule has 0 radical (unpaired) electrons. The molecule has 1 fully saturated rings. The number of aliphatic hydroxyl groups is 1. The third kappa shape index (κ3) is 4.69. The third-order valence-electron chi connectivity index (χ3n) is 4.06. The van der Waals surface area contributed by atoms with Crippen LogP contribution in [0.4, 0.5) is 4.79 Å². The molecule has 1 heterocycles. The predicted octanol–water partition coefficient (Wildman–Crippen LogP) is 2.07. The molecule has 6 heteroatoms. The van der Waals surface area contributed by atoms with Gasteiger partial charge in [0.15, 0.2) is 0 Å². The first-order valence-corrected chi connectivity index (χ1v) is 8.12. The normalized spacial score (nSPS) is 18.8. The molecule has 2 rings (SSSR count). The summed E-state index contributed by atoms with van der Waals surface area (Å²) in [4.78, 5) is 12.7. The van der Waals surface area contributed by atoms with Gasteiger partial charge in [-0.1, -0.05) is 6.07 Å². The number of rotatable bonds is 8. The fourth-order valence-corrected chi connectivity index (χ4v) is 3.05. The van der Waals surface area contributed by atoms with Gasteiger partial charge < -0.3 is 20.5 Å². The zero-order valence-electron chi connectivity index (χ0n) is 12.6. The van der Waals surface area contributed by atoms with E-state index in [1.165, 1.54) is 11.3 Å². The van der Waals surface area contributed by atoms with Crippen molar-refractivity contribution in [2.24, 2.45) is 5.41 Å². The molecule has 5 nitrogen and oxygen atoms in total. The van der Waals surface area contributed by atoms with Crippen LogP contribution in [0.25, 0.3) is 0 Å². The number of nitrogens with one attached hydrogen (secondary N) is 2. The van der Waals surface area contributed by atoms with Crippen LogP contribution in [0.5, 0.6) is 0 Å². The monoisotopic (exact) mass is 312 g/mol. The van der Waals surface area contributed by atoms with Crippen molar-refractivity contribution in [1.29, 1.82) is 0 Å². The summed E-state index contributed by atoms with van der Waals surface area (Å²) < 4.78 is 5.10. The van der Waals surface area contributed by atoms with Crippen molar-refractivity contribution in [3.05, 3.63) is 22.4 Å². The van der Waals surface area contributed by atoms with Crippen molar-refractivity contribution in [2.45, 2.75) is 31.8 Å². The quantitative estimate of drug-likeness (QED) is 0.688. The summed E-state index contributed by atoms with van der Waals surface area (Å²) in [6, 6.07) is 3.53. The standard InChI is InChI=1S/C15H24N2O3S/c1-14(19,12-4-3-9-21-12)10-16-13(18)17-11-15(5-6-15)7-8-20-2/h3-4,9,19H,5-8,10-11H2,1-2H3,(H2,16,17,18). The topological polar surface area (TPSA) is 70.6 Å². The van der Waals surface area contributed by atoms with Gasteiger partial charge in [-0.15, -0.1) is 11.3 Å². The van der Waals surface area contributed by atoms with Gasteiger partial charge in [0.2, 0.25) is 0 Å². The Morgan fingerprint density at radius 1 is 1.52 bits per heavy atom. The minimum absolute atomic E-state index is 0.199. The van der Waals surface area contributed by atoms with Crippen LogP contribution in [0, 0.1) is 5.41 Å². The molecule has 1 saturated carbocycles. The van der Waals surface area contributed by atoms with Crippen LogP contribution in [0.15, 0.2) is 17.5 Å². The van der Waals surface area contributed by atoms with Crippen LogP contribution >= 0.6 is 11.3 Å². The van der Waals surface area contributed by atoms with Crippen molar-refractivity contribution in [1.82, 2.24) is 10.6 Å². The van der Waals surface area contributed by atoms with E-state index in [1.807, 2.05) is 17.5 Å². The highest BCUT2D eigenvalue weighted by molar-refractivity contribution is 7.10. The number of ether oxygens (including phenoxy) is 1. The zero-order valence-corrected chi connectivity index (χ0v) is 13.5. The van der Waals surface area contributed by atoms with E-state index in [9.17, 15) is 9.90 Å². The van der Waals surface area contributed by atoms with Crippen molar-refractivity contribution in [3.63, 3.8) is 0 Å². The van der Waals surface area contributed by atoms with Gasteiger partial charge in [0.25, 0.3) is 0 Å². The maximum Gasteiger partial charge on any atom is 0.314 e. The van der Waals surface area contributed by atoms with Crippen molar-refractivity contribution in [3.8, 4) is 0 Å². The molecule has 1 aliphatic rings. The summed E-state index contributed by atoms with van der Waals surface area (Å²) in [6.07, 6.45) is 3.27. The van der Waals surface area contributed by atoms with Gasteiger partial charge in [0.05, 0.1) is 6.54 Å². The molecule has 0 aliphatic heterocycles. The molecule has 1 unspecified atom stereocenters. The summed E-state index contributed by atoms with van der Waals surface area (Å²) in [5, 5.41) is 17.9. The van der Waals surface area contributed by atoms with Crippen LogP contribution in [-0.4, -0.2) is 37.9 Å². The highest BCUT2D eigenvalue weighted by atomic mass is 32.1. The van der Waals surface area contributed by atoms with E-state index in [0.29, 0.717) is 6.54 Å². The van der Waals surface area contributed by atoms with E-state index < -0.39 is 5.60 Å². The van der Waals surface area contributed by atoms with Crippen LogP contribution in [0.2, 0.25) is 0 Å². The number of carbonyl (C=O) groups is 1. The second-order valence-electron chi connectivity index (χ2n) is 6.03. The number of thiophene rings is 1. The molecule has 0 aromatic carbocycles. The van der Waals surface area contributed by atoms with E-state index >= 15 is 0 Å². The number of carbonyl (C=O) groups excluding carboxylic acids is 1. The lowest BCUT2D eigenvalue weighted by molar-refractivity contribution is 0.0630. The van der Waals surface area contributed by atoms with Crippen LogP contribution in [0.1, 0.15) is 31.1 Å². The molecule has 1 aromatic rings. The molecule has 118 valence electrons. The lowest BCUT2D eigenvalue weighted by Gasteiger charge is -2.23. The number of methoxy groups -OCH3 is 1. The maximum atomic E-state index is 11.8. The number of hydrogen-bond acceptors (Lipinski definition) is 4. The molecule has 21 heavy (non-hydrogen) atoms. The lowest BCUT2D eigenvalue weighted by Crippen LogP contribution is -2.44. The minimum atomic E-state index is -1.03. The molecule has 1 atom stereocenters. The Hall–Kier alpha value is -1.11. The Labute approximate surface area is 129 Å². The van der Waals surface area contributed by atoms with E-state index in [4.69, 9.17) is 4.74 Å². The summed E-state index contributed by atoms with van der Waals surface area (Å²) in [5.74, 6) is 0. The summed E-state index contributed by atoms with van der Waals surface area (Å²) >= 11 is 1.48. The first kappa shape index (κ1) is 16.3. The largest absolute Gasteiger partial charge is 0.385 e. The smallest absolute Gasteiger partial charge is 0.314 e. The molecule has 2 amide bonds. The Kier molecular flexibility index (Phi) is 5.24. The highest BCUT2D eigenvalue weighted by Gasteiger charge is 2.42. The summed E-state index contributed by atoms with van der Waals surface area (Å²) in [7, 11) is 1.70. The molecule has 1 aromatic heterocycles. The lowest BCUT2D eigenvalue weighted by atomic mass is 10.0. The molecular weight excluding hydrogens is 288 g/mol. The van der Waals surface area contributed by atoms with Crippen LogP contribution < -0.4 is 10.6 Å². The number of amides is 2. The van der Waals surface area contributed by atoms with Crippen molar-refractivity contribution < 1.29 is 14.6 Å². The van der Waals surface area contributed by atoms with Gasteiger partial charge >= 0.3 is 6.03 Å². The Morgan fingerprint density at radius 3 is 2.86 bits per heavy atom. The Balaban J connectivity index is 1.70. The highest BCUT2D eigenvalue weighted by Crippen LogP contribution is 2.48. The zero-order chi connectivity index (χ0) is 15.3. The average molecular weight is 312 g/mol. The summed E-state index contributed by atoms with van der Waals surface area (Å²) in [6.45, 7) is 3.31. The Bertz CT molecular complexity index is 455. The average Bonchev–Trinajstić information content (AvgIpc) is 3.00. The fourth-order valence-electron chi connectivity index (χ4n) is 2.27. The molecule has 0 spiro atoms. The second kappa shape index (κ2) is 6.77. The molecule has 0 bridgehead atoms. The van der Waals surface area contributed by atoms with E-state index in [1.54, 1.807) is 14.0 Å². The van der Waals surface area contributed by atoms with Gasteiger partial charge in [0, 0.05) is 25.1 Å². The van der Waals surface area contributed by atoms with Crippen molar-refractivity contribution in [2.75, 3.05) is 26.8 Å². The molecule has 0 saturated heterocycles. The molecule has 3 N–H and O–H groups in total. The fraction of sp³-hybridized carbons (Fsp3) is 0.667. The van der Waals surface area contributed by atoms with Gasteiger partial charge in [-0.3, -0.25) is 0 Å². The first-order valence-electron chi connectivity index (χ1n) is 7.24. The van der Waals surface area contributed by atoms with Gasteiger partial charge in [-0.2, -0.15) is 0 Å². The predicted molar refractivity (Wildman–Crippen MR) is 83.5 cm³/mol. The number of hydrogen-bond donors (Lipinski definition) is 3. The Morgan fingerprint density at radius 2 is 2.29 bits per heavy atom. The van der Waals surface area contributed by atoms with E-state index in [0.717, 1.165) is 30.7 Å². The second-order valence-corrected chi connectivity index (χ2v) is 6.98. The van der Waals surface area contributed by atoms with Crippen molar-refractivity contribution >= 4 is 17.4 Å². The van der Waals surface area contributed by atoms with Gasteiger partial charge in [0.1, 0.15) is 5.60 Å². The van der Waals surface area contributed by atoms with E-state index in [2.05, 4.69) is 10.6 Å². The van der Waals surface area contributed by atoms with Gasteiger partial charge in [-0.25, -0.2) is 4.79 Å². The van der Waals surface area contributed by atoms with Crippen LogP contribution in [0.3, 0.4) is 0 Å². The van der Waals surface area contributed by atoms with E-state index in [-0.39, 0.29) is 18.0 Å². The SMILES string of the molecule is COCCC1(CNC(=O)NCC(C)(O)c2cccs2)CC1. The number of urea groups is 1. The molecular formula is C15H24N2O3S. The maximum absolute atomic E-state index is 11.8. The first-order chi connectivity index (χ1) is 9.97. The van der Waals surface area contributed by atoms with Gasteiger partial charge in [-0.05, 0) is 43.0 Å². The summed E-state index contributed by atoms with van der Waals surface area (Å²) in [5.41, 5.74) is -0.803. The molecule has 1 aliphatic carbocycles. The minimum Gasteiger partial charge on any atom is -0.385 e. The third-order valence-corrected chi connectivity index (χ3v) is 5.19.